The van der Waals surface area contributed by atoms with Crippen LogP contribution in [0.5, 0.6) is 0 Å². The van der Waals surface area contributed by atoms with E-state index in [1.54, 1.807) is 0 Å². The third-order valence-electron chi connectivity index (χ3n) is 3.08. The molecule has 1 heterocycles. The van der Waals surface area contributed by atoms with Crippen molar-refractivity contribution in [2.75, 3.05) is 32.7 Å². The monoisotopic (exact) mass is 380 g/mol. The molecule has 1 rings (SSSR count). The van der Waals surface area contributed by atoms with Crippen LogP contribution < -0.4 is 11.1 Å². The second-order valence-corrected chi connectivity index (χ2v) is 5.85. The average molecular weight is 380 g/mol. The van der Waals surface area contributed by atoms with Crippen LogP contribution in [0.3, 0.4) is 0 Å². The number of rotatable bonds is 6. The molecule has 1 unspecified atom stereocenters. The van der Waals surface area contributed by atoms with Crippen molar-refractivity contribution in [2.45, 2.75) is 27.2 Å². The zero-order valence-electron chi connectivity index (χ0n) is 12.5. The third kappa shape index (κ3) is 8.47. The van der Waals surface area contributed by atoms with Crippen molar-refractivity contribution in [3.05, 3.63) is 12.2 Å². The Morgan fingerprint density at radius 2 is 2.21 bits per heavy atom. The van der Waals surface area contributed by atoms with Gasteiger partial charge in [0.05, 0.1) is 6.54 Å². The van der Waals surface area contributed by atoms with Crippen molar-refractivity contribution >= 4 is 29.9 Å². The first-order valence-corrected chi connectivity index (χ1v) is 6.88. The summed E-state index contributed by atoms with van der Waals surface area (Å²) < 4.78 is 0. The van der Waals surface area contributed by atoms with Crippen LogP contribution >= 0.6 is 24.0 Å². The maximum absolute atomic E-state index is 5.80. The fourth-order valence-electron chi connectivity index (χ4n) is 2.29. The number of hydrogen-bond donors (Lipinski definition) is 2. The first-order valence-electron chi connectivity index (χ1n) is 6.88. The quantitative estimate of drug-likeness (QED) is 0.321. The highest BCUT2D eigenvalue weighted by atomic mass is 127. The molecule has 1 saturated heterocycles. The van der Waals surface area contributed by atoms with E-state index in [9.17, 15) is 0 Å². The zero-order chi connectivity index (χ0) is 13.5. The van der Waals surface area contributed by atoms with E-state index in [4.69, 9.17) is 5.73 Å². The number of aliphatic imine (C=N–C) groups is 1. The lowest BCUT2D eigenvalue weighted by Gasteiger charge is -2.18. The Balaban J connectivity index is 0.00000324. The Bertz CT molecular complexity index is 302. The van der Waals surface area contributed by atoms with Crippen molar-refractivity contribution < 1.29 is 0 Å². The van der Waals surface area contributed by atoms with E-state index >= 15 is 0 Å². The Kier molecular flexibility index (Phi) is 9.43. The van der Waals surface area contributed by atoms with Crippen LogP contribution in [0.25, 0.3) is 0 Å². The molecular formula is C14H29IN4. The number of halogens is 1. The lowest BCUT2D eigenvalue weighted by atomic mass is 10.1. The van der Waals surface area contributed by atoms with Crippen molar-refractivity contribution in [1.82, 2.24) is 10.2 Å². The molecule has 4 nitrogen and oxygen atoms in total. The molecule has 0 aromatic rings. The minimum atomic E-state index is 0. The summed E-state index contributed by atoms with van der Waals surface area (Å²) in [5.41, 5.74) is 6.83. The summed E-state index contributed by atoms with van der Waals surface area (Å²) in [5, 5.41) is 3.21. The molecule has 19 heavy (non-hydrogen) atoms. The van der Waals surface area contributed by atoms with Gasteiger partial charge in [-0.2, -0.15) is 0 Å². The summed E-state index contributed by atoms with van der Waals surface area (Å²) in [4.78, 5) is 6.76. The minimum absolute atomic E-state index is 0. The Labute approximate surface area is 134 Å². The van der Waals surface area contributed by atoms with E-state index in [1.807, 2.05) is 6.92 Å². The topological polar surface area (TPSA) is 53.6 Å². The highest BCUT2D eigenvalue weighted by Gasteiger charge is 2.22. The molecule has 1 atom stereocenters. The summed E-state index contributed by atoms with van der Waals surface area (Å²) in [7, 11) is 0. The van der Waals surface area contributed by atoms with Crippen LogP contribution in [0.15, 0.2) is 17.1 Å². The van der Waals surface area contributed by atoms with E-state index in [0.29, 0.717) is 18.4 Å². The normalized spacial score (nSPS) is 20.4. The van der Waals surface area contributed by atoms with E-state index in [2.05, 4.69) is 35.6 Å². The molecule has 0 spiro atoms. The van der Waals surface area contributed by atoms with Crippen LogP contribution in [-0.4, -0.2) is 43.6 Å². The van der Waals surface area contributed by atoms with Gasteiger partial charge in [-0.05, 0) is 31.7 Å². The maximum atomic E-state index is 5.80. The number of hydrogen-bond acceptors (Lipinski definition) is 2. The van der Waals surface area contributed by atoms with Crippen LogP contribution in [0, 0.1) is 11.8 Å². The second-order valence-electron chi connectivity index (χ2n) is 5.85. The highest BCUT2D eigenvalue weighted by molar-refractivity contribution is 14.0. The summed E-state index contributed by atoms with van der Waals surface area (Å²) in [6.45, 7) is 15.4. The van der Waals surface area contributed by atoms with E-state index in [0.717, 1.165) is 18.0 Å². The predicted molar refractivity (Wildman–Crippen MR) is 94.1 cm³/mol. The average Bonchev–Trinajstić information content (AvgIpc) is 2.70. The summed E-state index contributed by atoms with van der Waals surface area (Å²) in [6.07, 6.45) is 1.26. The molecule has 5 heteroatoms. The highest BCUT2D eigenvalue weighted by Crippen LogP contribution is 2.16. The number of nitrogens with zero attached hydrogens (tertiary/aromatic N) is 2. The lowest BCUT2D eigenvalue weighted by molar-refractivity contribution is 0.287. The van der Waals surface area contributed by atoms with Crippen LogP contribution in [0.2, 0.25) is 0 Å². The molecule has 0 saturated carbocycles. The van der Waals surface area contributed by atoms with Crippen LogP contribution in [0.1, 0.15) is 27.2 Å². The van der Waals surface area contributed by atoms with Crippen LogP contribution in [-0.2, 0) is 0 Å². The molecule has 0 aromatic heterocycles. The summed E-state index contributed by atoms with van der Waals surface area (Å²) >= 11 is 0. The molecule has 0 amide bonds. The Morgan fingerprint density at radius 1 is 1.53 bits per heavy atom. The van der Waals surface area contributed by atoms with Gasteiger partial charge in [0.25, 0.3) is 0 Å². The van der Waals surface area contributed by atoms with Gasteiger partial charge in [-0.15, -0.1) is 24.0 Å². The van der Waals surface area contributed by atoms with Gasteiger partial charge in [0.1, 0.15) is 0 Å². The first-order chi connectivity index (χ1) is 8.47. The van der Waals surface area contributed by atoms with E-state index < -0.39 is 0 Å². The number of nitrogens with two attached hydrogens (primary N) is 1. The van der Waals surface area contributed by atoms with Gasteiger partial charge in [0, 0.05) is 19.6 Å². The first kappa shape index (κ1) is 18.7. The molecule has 3 N–H and O–H groups in total. The fraction of sp³-hybridized carbons (Fsp3) is 0.786. The number of likely N-dealkylation sites (tertiary alicyclic amines) is 1. The van der Waals surface area contributed by atoms with Gasteiger partial charge in [-0.1, -0.05) is 26.0 Å². The number of guanidine groups is 1. The van der Waals surface area contributed by atoms with Crippen molar-refractivity contribution in [3.8, 4) is 0 Å². The van der Waals surface area contributed by atoms with Crippen LogP contribution in [0.4, 0.5) is 0 Å². The smallest absolute Gasteiger partial charge is 0.188 e. The maximum Gasteiger partial charge on any atom is 0.188 e. The van der Waals surface area contributed by atoms with Gasteiger partial charge < -0.3 is 16.0 Å². The van der Waals surface area contributed by atoms with Gasteiger partial charge in [-0.25, -0.2) is 4.99 Å². The SMILES string of the molecule is C=C(C)CN=C(N)NCC1CCN(CC(C)C)C1.I. The van der Waals surface area contributed by atoms with Gasteiger partial charge in [0.15, 0.2) is 5.96 Å². The molecule has 0 bridgehead atoms. The molecule has 0 aromatic carbocycles. The van der Waals surface area contributed by atoms with E-state index in [-0.39, 0.29) is 24.0 Å². The van der Waals surface area contributed by atoms with Gasteiger partial charge in [-0.3, -0.25) is 0 Å². The third-order valence-corrected chi connectivity index (χ3v) is 3.08. The molecule has 1 aliphatic heterocycles. The van der Waals surface area contributed by atoms with Crippen molar-refractivity contribution in [2.24, 2.45) is 22.6 Å². The standard InChI is InChI=1S/C14H28N4.HI/c1-11(2)7-16-14(15)17-8-13-5-6-18(10-13)9-12(3)4;/h12-13H,1,5-10H2,2-4H3,(H3,15,16,17);1H. The molecule has 112 valence electrons. The molecule has 0 aliphatic carbocycles. The fourth-order valence-corrected chi connectivity index (χ4v) is 2.29. The molecule has 0 radical (unpaired) electrons. The molecule has 1 aliphatic rings. The molecule has 1 fully saturated rings. The summed E-state index contributed by atoms with van der Waals surface area (Å²) in [5.74, 6) is 1.99. The lowest BCUT2D eigenvalue weighted by Crippen LogP contribution is -2.36. The van der Waals surface area contributed by atoms with Crippen molar-refractivity contribution in [3.63, 3.8) is 0 Å². The summed E-state index contributed by atoms with van der Waals surface area (Å²) in [6, 6.07) is 0. The Hall–Kier alpha value is -0.300. The zero-order valence-corrected chi connectivity index (χ0v) is 14.8. The number of nitrogens with one attached hydrogen (secondary N) is 1. The predicted octanol–water partition coefficient (Wildman–Crippen LogP) is 2.06. The van der Waals surface area contributed by atoms with Crippen molar-refractivity contribution in [1.29, 1.82) is 0 Å². The van der Waals surface area contributed by atoms with Gasteiger partial charge >= 0.3 is 0 Å². The van der Waals surface area contributed by atoms with Gasteiger partial charge in [0.2, 0.25) is 0 Å². The molecular weight excluding hydrogens is 351 g/mol. The van der Waals surface area contributed by atoms with E-state index in [1.165, 1.54) is 26.1 Å². The minimum Gasteiger partial charge on any atom is -0.370 e. The largest absolute Gasteiger partial charge is 0.370 e. The Morgan fingerprint density at radius 3 is 2.79 bits per heavy atom. The second kappa shape index (κ2) is 9.58.